The third-order valence-corrected chi connectivity index (χ3v) is 10.4. The molecule has 1 atom stereocenters. The molecule has 2 saturated carbocycles. The number of hydrogen-bond donors (Lipinski definition) is 1. The van der Waals surface area contributed by atoms with Crippen LogP contribution in [0.15, 0.2) is 40.4 Å². The molecule has 2 aliphatic rings. The molecule has 2 aromatic rings. The summed E-state index contributed by atoms with van der Waals surface area (Å²) < 4.78 is 12.1. The number of thiophene rings is 1. The van der Waals surface area contributed by atoms with Gasteiger partial charge in [-0.3, -0.25) is 9.00 Å². The topological polar surface area (TPSA) is 96.3 Å². The molecule has 7 nitrogen and oxygen atoms in total. The monoisotopic (exact) mass is 624 g/mol. The Balaban J connectivity index is 1.52. The van der Waals surface area contributed by atoms with Gasteiger partial charge in [0.2, 0.25) is 5.91 Å². The fourth-order valence-corrected chi connectivity index (χ4v) is 7.13. The van der Waals surface area contributed by atoms with Crippen molar-refractivity contribution in [2.45, 2.75) is 96.6 Å². The molecule has 1 aromatic heterocycles. The van der Waals surface area contributed by atoms with Crippen LogP contribution in [0.5, 0.6) is 0 Å². The minimum Gasteiger partial charge on any atom is -0.477 e. The molecule has 0 radical (unpaired) electrons. The van der Waals surface area contributed by atoms with Crippen LogP contribution in [-0.2, 0) is 25.8 Å². The minimum atomic E-state index is -2.26. The van der Waals surface area contributed by atoms with E-state index < -0.39 is 15.5 Å². The van der Waals surface area contributed by atoms with Gasteiger partial charge in [0, 0.05) is 28.5 Å². The summed E-state index contributed by atoms with van der Waals surface area (Å²) in [5.74, 6) is 9.57. The zero-order valence-electron chi connectivity index (χ0n) is 26.0. The zero-order chi connectivity index (χ0) is 31.4. The Bertz CT molecular complexity index is 1500. The number of anilines is 1. The Labute approximate surface area is 260 Å². The fraction of sp³-hybridized carbons (Fsp3) is 0.529. The average Bonchev–Trinajstić information content (AvgIpc) is 3.37. The lowest BCUT2D eigenvalue weighted by atomic mass is 9.81. The predicted molar refractivity (Wildman–Crippen MR) is 177 cm³/mol. The van der Waals surface area contributed by atoms with Crippen molar-refractivity contribution in [3.63, 3.8) is 0 Å². The largest absolute Gasteiger partial charge is 0.477 e. The molecule has 1 heterocycles. The molecule has 1 amide bonds. The Morgan fingerprint density at radius 3 is 2.30 bits per heavy atom. The molecular formula is C34H44N2O5S2. The first-order valence-corrected chi connectivity index (χ1v) is 18.0. The summed E-state index contributed by atoms with van der Waals surface area (Å²) in [4.78, 5) is 35.5. The SMILES string of the molecule is C=S(C)(=O)c1ccc(CON=C2CCC(N(c3cc(C#CC(C)(C)C)sc3C(=O)O)C(=O)[C@H]3CC[C@H](C)CC3)CC2)cc1. The zero-order valence-corrected chi connectivity index (χ0v) is 27.6. The molecule has 1 unspecified atom stereocenters. The lowest BCUT2D eigenvalue weighted by Crippen LogP contribution is -2.46. The van der Waals surface area contributed by atoms with Gasteiger partial charge in [-0.15, -0.1) is 11.3 Å². The van der Waals surface area contributed by atoms with Crippen molar-refractivity contribution < 1.29 is 23.7 Å². The van der Waals surface area contributed by atoms with Crippen molar-refractivity contribution in [3.05, 3.63) is 45.6 Å². The van der Waals surface area contributed by atoms with Crippen LogP contribution in [0.2, 0.25) is 0 Å². The Hall–Kier alpha value is -3.09. The summed E-state index contributed by atoms with van der Waals surface area (Å²) in [5, 5.41) is 14.5. The van der Waals surface area contributed by atoms with Crippen LogP contribution in [0.25, 0.3) is 0 Å². The van der Waals surface area contributed by atoms with E-state index in [0.717, 1.165) is 48.3 Å². The van der Waals surface area contributed by atoms with Gasteiger partial charge < -0.3 is 14.8 Å². The number of rotatable bonds is 8. The summed E-state index contributed by atoms with van der Waals surface area (Å²) in [6.45, 7) is 8.57. The van der Waals surface area contributed by atoms with Gasteiger partial charge in [0.1, 0.15) is 11.5 Å². The van der Waals surface area contributed by atoms with E-state index in [0.29, 0.717) is 53.7 Å². The standard InChI is InChI=1S/C34H44N2O5S2/c1-23-7-11-25(12-8-23)32(37)36(30-21-28(19-20-34(2,3)4)42-31(30)33(38)39)27-15-13-26(14-16-27)35-41-22-24-9-17-29(18-10-24)43(5,6)40/h9-10,17-18,21,23,25,27H,5,7-8,11-16,22H2,1-4,6H3,(H,38,39)/t23-,25-,27?,43?. The van der Waals surface area contributed by atoms with Crippen molar-refractivity contribution in [1.82, 2.24) is 0 Å². The van der Waals surface area contributed by atoms with Crippen molar-refractivity contribution in [2.75, 3.05) is 11.2 Å². The van der Waals surface area contributed by atoms with E-state index in [1.165, 1.54) is 0 Å². The maximum atomic E-state index is 14.1. The molecule has 0 spiro atoms. The summed E-state index contributed by atoms with van der Waals surface area (Å²) in [7, 11) is -2.26. The smallest absolute Gasteiger partial charge is 0.348 e. The molecule has 0 bridgehead atoms. The van der Waals surface area contributed by atoms with Crippen LogP contribution < -0.4 is 4.90 Å². The molecule has 1 N–H and O–H groups in total. The first-order chi connectivity index (χ1) is 20.2. The Morgan fingerprint density at radius 2 is 1.74 bits per heavy atom. The van der Waals surface area contributed by atoms with E-state index >= 15 is 0 Å². The Kier molecular flexibility index (Phi) is 10.4. The first-order valence-electron chi connectivity index (χ1n) is 15.0. The molecule has 232 valence electrons. The number of carboxylic acid groups (broad SMARTS) is 1. The maximum Gasteiger partial charge on any atom is 0.348 e. The molecule has 4 rings (SSSR count). The van der Waals surface area contributed by atoms with E-state index in [1.807, 2.05) is 32.9 Å². The summed E-state index contributed by atoms with van der Waals surface area (Å²) >= 11 is 1.15. The second kappa shape index (κ2) is 13.7. The number of oxime groups is 1. The van der Waals surface area contributed by atoms with Crippen LogP contribution in [0.3, 0.4) is 0 Å². The highest BCUT2D eigenvalue weighted by Gasteiger charge is 2.37. The van der Waals surface area contributed by atoms with Crippen molar-refractivity contribution in [1.29, 1.82) is 0 Å². The fourth-order valence-electron chi connectivity index (χ4n) is 5.58. The van der Waals surface area contributed by atoms with Gasteiger partial charge in [-0.05, 0) is 117 Å². The highest BCUT2D eigenvalue weighted by atomic mass is 32.2. The van der Waals surface area contributed by atoms with Gasteiger partial charge in [-0.2, -0.15) is 0 Å². The van der Waals surface area contributed by atoms with Gasteiger partial charge in [-0.25, -0.2) is 4.79 Å². The van der Waals surface area contributed by atoms with Gasteiger partial charge in [-0.1, -0.05) is 36.1 Å². The van der Waals surface area contributed by atoms with Crippen LogP contribution in [0.1, 0.15) is 99.2 Å². The van der Waals surface area contributed by atoms with Crippen molar-refractivity contribution in [3.8, 4) is 11.8 Å². The number of carbonyl (C=O) groups excluding carboxylic acids is 1. The van der Waals surface area contributed by atoms with E-state index in [1.54, 1.807) is 29.4 Å². The highest BCUT2D eigenvalue weighted by Crippen LogP contribution is 2.38. The number of hydrogen-bond acceptors (Lipinski definition) is 6. The molecule has 1 aromatic carbocycles. The summed E-state index contributed by atoms with van der Waals surface area (Å²) in [6.07, 6.45) is 7.99. The van der Waals surface area contributed by atoms with E-state index in [9.17, 15) is 18.9 Å². The van der Waals surface area contributed by atoms with E-state index in [-0.39, 0.29) is 28.2 Å². The molecule has 0 saturated heterocycles. The molecule has 9 heteroatoms. The quantitative estimate of drug-likeness (QED) is 0.190. The van der Waals surface area contributed by atoms with Gasteiger partial charge >= 0.3 is 5.97 Å². The molecule has 0 aliphatic heterocycles. The number of carbonyl (C=O) groups is 2. The first kappa shape index (κ1) is 32.8. The highest BCUT2D eigenvalue weighted by molar-refractivity contribution is 7.99. The molecular weight excluding hydrogens is 581 g/mol. The van der Waals surface area contributed by atoms with E-state index in [2.05, 4.69) is 29.8 Å². The molecule has 2 fully saturated rings. The average molecular weight is 625 g/mol. The summed E-state index contributed by atoms with van der Waals surface area (Å²) in [6, 6.07) is 9.04. The van der Waals surface area contributed by atoms with E-state index in [4.69, 9.17) is 4.84 Å². The minimum absolute atomic E-state index is 0.0332. The predicted octanol–water partition coefficient (Wildman–Crippen LogP) is 7.22. The second-order valence-electron chi connectivity index (χ2n) is 13.1. The third-order valence-electron chi connectivity index (χ3n) is 8.07. The normalized spacial score (nSPS) is 22.1. The number of nitrogens with zero attached hydrogens (tertiary/aromatic N) is 2. The van der Waals surface area contributed by atoms with Crippen molar-refractivity contribution >= 4 is 50.0 Å². The lowest BCUT2D eigenvalue weighted by Gasteiger charge is -2.38. The second-order valence-corrected chi connectivity index (χ2v) is 16.6. The van der Waals surface area contributed by atoms with Crippen LogP contribution >= 0.6 is 11.3 Å². The molecule has 43 heavy (non-hydrogen) atoms. The number of benzene rings is 1. The van der Waals surface area contributed by atoms with Crippen LogP contribution in [-0.4, -0.2) is 45.1 Å². The molecule has 2 aliphatic carbocycles. The maximum absolute atomic E-state index is 14.1. The summed E-state index contributed by atoms with van der Waals surface area (Å²) in [5.41, 5.74) is 2.11. The van der Waals surface area contributed by atoms with Gasteiger partial charge in [0.15, 0.2) is 0 Å². The number of carboxylic acids is 1. The Morgan fingerprint density at radius 1 is 1.12 bits per heavy atom. The van der Waals surface area contributed by atoms with Crippen LogP contribution in [0.4, 0.5) is 5.69 Å². The van der Waals surface area contributed by atoms with Crippen LogP contribution in [0, 0.1) is 29.1 Å². The number of amides is 1. The lowest BCUT2D eigenvalue weighted by molar-refractivity contribution is -0.124. The van der Waals surface area contributed by atoms with Gasteiger partial charge in [0.05, 0.1) is 16.3 Å². The number of aromatic carboxylic acids is 1. The van der Waals surface area contributed by atoms with Crippen molar-refractivity contribution in [2.24, 2.45) is 22.4 Å². The van der Waals surface area contributed by atoms with Gasteiger partial charge in [0.25, 0.3) is 0 Å². The third kappa shape index (κ3) is 8.96.